The van der Waals surface area contributed by atoms with E-state index < -0.39 is 5.51 Å². The SMILES string of the molecule is COC(=O)CCc1ccc(SC(F)(F)F)c(C)c1. The Labute approximate surface area is 108 Å². The largest absolute Gasteiger partial charge is 0.469 e. The van der Waals surface area contributed by atoms with E-state index >= 15 is 0 Å². The number of halogens is 3. The highest BCUT2D eigenvalue weighted by Gasteiger charge is 2.29. The molecule has 0 aliphatic heterocycles. The summed E-state index contributed by atoms with van der Waals surface area (Å²) in [5, 5.41) is 0. The highest BCUT2D eigenvalue weighted by Crippen LogP contribution is 2.38. The minimum absolute atomic E-state index is 0.127. The Balaban J connectivity index is 2.70. The molecule has 0 aliphatic rings. The Bertz CT molecular complexity index is 430. The Morgan fingerprint density at radius 3 is 2.56 bits per heavy atom. The van der Waals surface area contributed by atoms with Crippen LogP contribution in [0.3, 0.4) is 0 Å². The van der Waals surface area contributed by atoms with E-state index in [9.17, 15) is 18.0 Å². The number of carbonyl (C=O) groups excluding carboxylic acids is 1. The zero-order valence-corrected chi connectivity index (χ0v) is 10.8. The first-order valence-corrected chi connectivity index (χ1v) is 6.05. The molecule has 0 atom stereocenters. The van der Waals surface area contributed by atoms with E-state index in [1.54, 1.807) is 19.1 Å². The van der Waals surface area contributed by atoms with Crippen LogP contribution < -0.4 is 0 Å². The summed E-state index contributed by atoms with van der Waals surface area (Å²) < 4.78 is 41.2. The average Bonchev–Trinajstić information content (AvgIpc) is 2.27. The second-order valence-corrected chi connectivity index (χ2v) is 4.83. The molecule has 0 saturated heterocycles. The Kier molecular flexibility index (Phi) is 5.07. The van der Waals surface area contributed by atoms with Gasteiger partial charge in [0, 0.05) is 11.3 Å². The minimum atomic E-state index is -4.28. The summed E-state index contributed by atoms with van der Waals surface area (Å²) in [7, 11) is 1.30. The van der Waals surface area contributed by atoms with Crippen molar-refractivity contribution in [3.63, 3.8) is 0 Å². The van der Waals surface area contributed by atoms with E-state index in [2.05, 4.69) is 4.74 Å². The average molecular weight is 278 g/mol. The van der Waals surface area contributed by atoms with Crippen LogP contribution in [0.5, 0.6) is 0 Å². The van der Waals surface area contributed by atoms with Gasteiger partial charge >= 0.3 is 11.5 Å². The molecule has 0 amide bonds. The molecule has 0 aliphatic carbocycles. The van der Waals surface area contributed by atoms with Crippen LogP contribution in [0, 0.1) is 6.92 Å². The fourth-order valence-corrected chi connectivity index (χ4v) is 2.06. The van der Waals surface area contributed by atoms with Crippen molar-refractivity contribution in [2.24, 2.45) is 0 Å². The topological polar surface area (TPSA) is 26.3 Å². The van der Waals surface area contributed by atoms with Gasteiger partial charge in [0.2, 0.25) is 0 Å². The number of carbonyl (C=O) groups is 1. The summed E-state index contributed by atoms with van der Waals surface area (Å²) in [4.78, 5) is 11.1. The number of rotatable bonds is 4. The molecule has 0 unspecified atom stereocenters. The summed E-state index contributed by atoms with van der Waals surface area (Å²) in [6.07, 6.45) is 0.687. The molecule has 18 heavy (non-hydrogen) atoms. The lowest BCUT2D eigenvalue weighted by atomic mass is 10.1. The molecule has 0 heterocycles. The molecule has 6 heteroatoms. The fourth-order valence-electron chi connectivity index (χ4n) is 1.45. The van der Waals surface area contributed by atoms with Gasteiger partial charge in [-0.1, -0.05) is 12.1 Å². The number of alkyl halides is 3. The molecule has 0 saturated carbocycles. The van der Waals surface area contributed by atoms with Crippen LogP contribution in [0.15, 0.2) is 23.1 Å². The van der Waals surface area contributed by atoms with Crippen molar-refractivity contribution < 1.29 is 22.7 Å². The predicted molar refractivity (Wildman–Crippen MR) is 63.4 cm³/mol. The highest BCUT2D eigenvalue weighted by molar-refractivity contribution is 8.00. The molecular formula is C12H13F3O2S. The van der Waals surface area contributed by atoms with Gasteiger partial charge in [-0.3, -0.25) is 4.79 Å². The lowest BCUT2D eigenvalue weighted by Gasteiger charge is -2.10. The van der Waals surface area contributed by atoms with E-state index in [0.717, 1.165) is 5.56 Å². The van der Waals surface area contributed by atoms with Gasteiger partial charge in [-0.25, -0.2) is 0 Å². The molecule has 2 nitrogen and oxygen atoms in total. The molecular weight excluding hydrogens is 265 g/mol. The van der Waals surface area contributed by atoms with E-state index in [4.69, 9.17) is 0 Å². The Morgan fingerprint density at radius 1 is 1.39 bits per heavy atom. The highest BCUT2D eigenvalue weighted by atomic mass is 32.2. The third kappa shape index (κ3) is 5.00. The van der Waals surface area contributed by atoms with Crippen LogP contribution in [-0.2, 0) is 16.0 Å². The molecule has 0 aromatic heterocycles. The summed E-state index contributed by atoms with van der Waals surface area (Å²) in [5.41, 5.74) is -2.90. The zero-order chi connectivity index (χ0) is 13.8. The van der Waals surface area contributed by atoms with Crippen LogP contribution in [-0.4, -0.2) is 18.6 Å². The maximum absolute atomic E-state index is 12.2. The zero-order valence-electron chi connectivity index (χ0n) is 10.0. The van der Waals surface area contributed by atoms with Crippen LogP contribution in [0.25, 0.3) is 0 Å². The van der Waals surface area contributed by atoms with Crippen molar-refractivity contribution in [2.75, 3.05) is 7.11 Å². The second kappa shape index (κ2) is 6.13. The smallest absolute Gasteiger partial charge is 0.446 e. The summed E-state index contributed by atoms with van der Waals surface area (Å²) in [6, 6.07) is 4.70. The molecule has 1 rings (SSSR count). The number of thioether (sulfide) groups is 1. The number of ether oxygens (including phenoxy) is 1. The van der Waals surface area contributed by atoms with Gasteiger partial charge in [-0.05, 0) is 42.3 Å². The molecule has 0 bridgehead atoms. The van der Waals surface area contributed by atoms with Gasteiger partial charge in [-0.15, -0.1) is 0 Å². The van der Waals surface area contributed by atoms with E-state index in [1.165, 1.54) is 13.2 Å². The third-order valence-corrected chi connectivity index (χ3v) is 3.22. The number of hydrogen-bond donors (Lipinski definition) is 0. The van der Waals surface area contributed by atoms with Gasteiger partial charge in [-0.2, -0.15) is 13.2 Å². The van der Waals surface area contributed by atoms with E-state index in [-0.39, 0.29) is 29.0 Å². The monoisotopic (exact) mass is 278 g/mol. The molecule has 0 radical (unpaired) electrons. The Hall–Kier alpha value is -1.17. The quantitative estimate of drug-likeness (QED) is 0.620. The molecule has 1 aromatic carbocycles. The molecule has 0 N–H and O–H groups in total. The van der Waals surface area contributed by atoms with Crippen LogP contribution in [0.4, 0.5) is 13.2 Å². The van der Waals surface area contributed by atoms with E-state index in [0.29, 0.717) is 12.0 Å². The van der Waals surface area contributed by atoms with Crippen molar-refractivity contribution >= 4 is 17.7 Å². The van der Waals surface area contributed by atoms with Crippen molar-refractivity contribution in [1.29, 1.82) is 0 Å². The first-order chi connectivity index (χ1) is 8.31. The second-order valence-electron chi connectivity index (χ2n) is 3.72. The summed E-state index contributed by atoms with van der Waals surface area (Å²) in [5.74, 6) is -0.332. The van der Waals surface area contributed by atoms with Crippen molar-refractivity contribution in [2.45, 2.75) is 30.2 Å². The summed E-state index contributed by atoms with van der Waals surface area (Å²) in [6.45, 7) is 1.62. The van der Waals surface area contributed by atoms with Gasteiger partial charge in [0.15, 0.2) is 0 Å². The van der Waals surface area contributed by atoms with Gasteiger partial charge < -0.3 is 4.74 Å². The number of esters is 1. The van der Waals surface area contributed by atoms with Crippen molar-refractivity contribution in [3.8, 4) is 0 Å². The number of methoxy groups -OCH3 is 1. The fraction of sp³-hybridized carbons (Fsp3) is 0.417. The predicted octanol–water partition coefficient (Wildman–Crippen LogP) is 3.71. The first-order valence-electron chi connectivity index (χ1n) is 5.24. The Morgan fingerprint density at radius 2 is 2.06 bits per heavy atom. The van der Waals surface area contributed by atoms with Gasteiger partial charge in [0.05, 0.1) is 7.11 Å². The maximum Gasteiger partial charge on any atom is 0.446 e. The number of benzene rings is 1. The lowest BCUT2D eigenvalue weighted by Crippen LogP contribution is -2.03. The van der Waals surface area contributed by atoms with Crippen molar-refractivity contribution in [3.05, 3.63) is 29.3 Å². The van der Waals surface area contributed by atoms with Crippen molar-refractivity contribution in [1.82, 2.24) is 0 Å². The standard InChI is InChI=1S/C12H13F3O2S/c1-8-7-9(4-6-11(16)17-2)3-5-10(8)18-12(13,14)15/h3,5,7H,4,6H2,1-2H3. The van der Waals surface area contributed by atoms with Crippen LogP contribution in [0.1, 0.15) is 17.5 Å². The first kappa shape index (κ1) is 14.9. The van der Waals surface area contributed by atoms with Gasteiger partial charge in [0.1, 0.15) is 0 Å². The minimum Gasteiger partial charge on any atom is -0.469 e. The normalized spacial score (nSPS) is 11.4. The van der Waals surface area contributed by atoms with Crippen LogP contribution >= 0.6 is 11.8 Å². The molecule has 100 valence electrons. The third-order valence-electron chi connectivity index (χ3n) is 2.31. The lowest BCUT2D eigenvalue weighted by molar-refractivity contribution is -0.140. The molecule has 1 aromatic rings. The number of aryl methyl sites for hydroxylation is 2. The molecule has 0 spiro atoms. The van der Waals surface area contributed by atoms with Crippen LogP contribution in [0.2, 0.25) is 0 Å². The summed E-state index contributed by atoms with van der Waals surface area (Å²) >= 11 is -0.127. The number of hydrogen-bond acceptors (Lipinski definition) is 3. The van der Waals surface area contributed by atoms with Gasteiger partial charge in [0.25, 0.3) is 0 Å². The molecule has 0 fully saturated rings. The van der Waals surface area contributed by atoms with E-state index in [1.807, 2.05) is 0 Å². The maximum atomic E-state index is 12.2.